The van der Waals surface area contributed by atoms with Crippen molar-refractivity contribution in [2.75, 3.05) is 6.61 Å². The molecule has 0 aromatic heterocycles. The zero-order valence-corrected chi connectivity index (χ0v) is 18.7. The van der Waals surface area contributed by atoms with E-state index in [2.05, 4.69) is 98.6 Å². The van der Waals surface area contributed by atoms with Crippen molar-refractivity contribution < 1.29 is 10.8 Å². The first-order valence-corrected chi connectivity index (χ1v) is 36.6. The van der Waals surface area contributed by atoms with Crippen molar-refractivity contribution in [3.8, 4) is 0 Å². The van der Waals surface area contributed by atoms with Gasteiger partial charge < -0.3 is 0 Å². The minimum atomic E-state index is -2.29. The van der Waals surface area contributed by atoms with Crippen LogP contribution in [0.3, 0.4) is 0 Å². The fourth-order valence-electron chi connectivity index (χ4n) is 1.23. The number of rotatable bonds is 4. The molecule has 15 heavy (non-hydrogen) atoms. The van der Waals surface area contributed by atoms with Gasteiger partial charge in [0.15, 0.2) is 0 Å². The molecule has 1 aromatic carbocycles. The van der Waals surface area contributed by atoms with Crippen molar-refractivity contribution >= 4 is 54.4 Å². The van der Waals surface area contributed by atoms with Gasteiger partial charge in [0.1, 0.15) is 0 Å². The second-order valence-corrected chi connectivity index (χ2v) is 96.2. The Morgan fingerprint density at radius 3 is 2.13 bits per heavy atom. The molecule has 0 saturated carbocycles. The predicted molar refractivity (Wildman–Crippen MR) is 87.5 cm³/mol. The second-order valence-electron chi connectivity index (χ2n) is 3.98. The molecule has 0 saturated heterocycles. The van der Waals surface area contributed by atoms with E-state index >= 15 is 0 Å². The van der Waals surface area contributed by atoms with Crippen LogP contribution in [-0.4, -0.2) is 6.61 Å². The Morgan fingerprint density at radius 1 is 1.13 bits per heavy atom. The molecule has 1 rings (SSSR count). The van der Waals surface area contributed by atoms with Crippen LogP contribution in [0.1, 0.15) is 19.4 Å². The van der Waals surface area contributed by atoms with Crippen LogP contribution in [-0.2, 0) is 16.2 Å². The molecule has 0 spiro atoms. The molecule has 0 fully saturated rings. The summed E-state index contributed by atoms with van der Waals surface area (Å²) < 4.78 is 6.03. The standard InChI is InChI=1S/C10H13O.Hf.3HI/c1-10(2,8-11)9-6-4-3-5-7-9;;;;/h3-7H,8H2,1-2H3;;3*1H/q-1;+4;;;/p-3. The van der Waals surface area contributed by atoms with Gasteiger partial charge in [-0.25, -0.2) is 0 Å². The van der Waals surface area contributed by atoms with Crippen LogP contribution in [0.15, 0.2) is 30.3 Å². The van der Waals surface area contributed by atoms with Crippen molar-refractivity contribution in [2.45, 2.75) is 19.3 Å². The summed E-state index contributed by atoms with van der Waals surface area (Å²) >= 11 is 7.53. The fourth-order valence-corrected chi connectivity index (χ4v) is 6.94. The molecular weight excluding hydrogens is 695 g/mol. The van der Waals surface area contributed by atoms with Crippen LogP contribution in [0, 0.1) is 0 Å². The van der Waals surface area contributed by atoms with E-state index in [1.54, 1.807) is 0 Å². The molecule has 0 aliphatic rings. The Balaban J connectivity index is 2.68. The number of benzene rings is 1. The SMILES string of the molecule is CC(C)(C[O][Hf]([I])([I])[I])c1ccccc1. The van der Waals surface area contributed by atoms with Gasteiger partial charge in [0, 0.05) is 0 Å². The molecular formula is C10H13HfI3O. The normalized spacial score (nSPS) is 12.9. The Morgan fingerprint density at radius 2 is 1.67 bits per heavy atom. The average molecular weight is 708 g/mol. The summed E-state index contributed by atoms with van der Waals surface area (Å²) in [5, 5.41) is 0. The maximum absolute atomic E-state index is 6.03. The van der Waals surface area contributed by atoms with Crippen molar-refractivity contribution in [2.24, 2.45) is 0 Å². The maximum atomic E-state index is 6.03. The van der Waals surface area contributed by atoms with Gasteiger partial charge in [0.05, 0.1) is 0 Å². The van der Waals surface area contributed by atoms with Gasteiger partial charge in [-0.3, -0.25) is 0 Å². The summed E-state index contributed by atoms with van der Waals surface area (Å²) in [6.45, 7) is 5.31. The van der Waals surface area contributed by atoms with Crippen molar-refractivity contribution in [1.82, 2.24) is 0 Å². The summed E-state index contributed by atoms with van der Waals surface area (Å²) in [5.41, 5.74) is 1.47. The van der Waals surface area contributed by atoms with Gasteiger partial charge >= 0.3 is 127 Å². The van der Waals surface area contributed by atoms with Gasteiger partial charge in [-0.05, 0) is 0 Å². The van der Waals surface area contributed by atoms with E-state index in [9.17, 15) is 0 Å². The summed E-state index contributed by atoms with van der Waals surface area (Å²) in [5.74, 6) is 0. The van der Waals surface area contributed by atoms with E-state index in [-0.39, 0.29) is 5.41 Å². The summed E-state index contributed by atoms with van der Waals surface area (Å²) in [6, 6.07) is 10.6. The zero-order valence-electron chi connectivity index (χ0n) is 8.64. The van der Waals surface area contributed by atoms with Gasteiger partial charge in [0.2, 0.25) is 0 Å². The molecule has 0 heterocycles. The van der Waals surface area contributed by atoms with E-state index in [4.69, 9.17) is 2.85 Å². The monoisotopic (exact) mass is 710 g/mol. The molecule has 0 aliphatic heterocycles. The number of hydrogen-bond donors (Lipinski definition) is 0. The van der Waals surface area contributed by atoms with Gasteiger partial charge in [-0.15, -0.1) is 0 Å². The Bertz CT molecular complexity index is 308. The number of halogens is 3. The van der Waals surface area contributed by atoms with E-state index in [1.807, 2.05) is 0 Å². The quantitative estimate of drug-likeness (QED) is 0.313. The predicted octanol–water partition coefficient (Wildman–Crippen LogP) is 5.10. The molecule has 0 radical (unpaired) electrons. The summed E-state index contributed by atoms with van der Waals surface area (Å²) in [4.78, 5) is 0. The number of hydrogen-bond acceptors (Lipinski definition) is 1. The topological polar surface area (TPSA) is 9.23 Å². The average Bonchev–Trinajstić information content (AvgIpc) is 2.16. The zero-order chi connectivity index (χ0) is 11.5. The van der Waals surface area contributed by atoms with E-state index < -0.39 is 7.94 Å². The van der Waals surface area contributed by atoms with E-state index in [0.29, 0.717) is 0 Å². The van der Waals surface area contributed by atoms with Gasteiger partial charge in [0.25, 0.3) is 0 Å². The molecule has 1 nitrogen and oxygen atoms in total. The van der Waals surface area contributed by atoms with Gasteiger partial charge in [-0.1, -0.05) is 0 Å². The van der Waals surface area contributed by atoms with Crippen molar-refractivity contribution in [3.05, 3.63) is 35.9 Å². The third-order valence-corrected chi connectivity index (χ3v) is 11.5. The minimum absolute atomic E-state index is 0.119. The van der Waals surface area contributed by atoms with Crippen LogP contribution in [0.4, 0.5) is 0 Å². The Hall–Kier alpha value is 2.24. The van der Waals surface area contributed by atoms with Crippen molar-refractivity contribution in [3.63, 3.8) is 0 Å². The molecule has 0 aliphatic carbocycles. The fraction of sp³-hybridized carbons (Fsp3) is 0.400. The summed E-state index contributed by atoms with van der Waals surface area (Å²) in [7, 11) is -2.29. The molecule has 0 amide bonds. The molecule has 0 bridgehead atoms. The first-order valence-electron chi connectivity index (χ1n) is 4.57. The first-order chi connectivity index (χ1) is 6.81. The third kappa shape index (κ3) is 6.10. The van der Waals surface area contributed by atoms with Crippen LogP contribution >= 0.6 is 54.4 Å². The molecule has 0 atom stereocenters. The molecule has 1 aromatic rings. The van der Waals surface area contributed by atoms with Gasteiger partial charge in [-0.2, -0.15) is 0 Å². The van der Waals surface area contributed by atoms with E-state index in [0.717, 1.165) is 6.61 Å². The first kappa shape index (κ1) is 15.3. The molecule has 5 heteroatoms. The Kier molecular flexibility index (Phi) is 6.55. The Labute approximate surface area is 124 Å². The van der Waals surface area contributed by atoms with Crippen LogP contribution < -0.4 is 0 Å². The van der Waals surface area contributed by atoms with Crippen LogP contribution in [0.5, 0.6) is 0 Å². The molecule has 84 valence electrons. The third-order valence-electron chi connectivity index (χ3n) is 2.15. The molecule has 0 unspecified atom stereocenters. The van der Waals surface area contributed by atoms with E-state index in [1.165, 1.54) is 5.56 Å². The van der Waals surface area contributed by atoms with Crippen LogP contribution in [0.2, 0.25) is 0 Å². The second kappa shape index (κ2) is 6.42. The van der Waals surface area contributed by atoms with Crippen molar-refractivity contribution in [1.29, 1.82) is 0 Å². The van der Waals surface area contributed by atoms with Crippen LogP contribution in [0.25, 0.3) is 0 Å². The molecule has 0 N–H and O–H groups in total. The summed E-state index contributed by atoms with van der Waals surface area (Å²) in [6.07, 6.45) is 0.